The number of aryl methyl sites for hydroxylation is 1. The summed E-state index contributed by atoms with van der Waals surface area (Å²) in [5, 5.41) is 2.52. The van der Waals surface area contributed by atoms with Crippen LogP contribution in [0, 0.1) is 12.8 Å². The molecule has 0 radical (unpaired) electrons. The van der Waals surface area contributed by atoms with Crippen LogP contribution in [-0.4, -0.2) is 39.1 Å². The van der Waals surface area contributed by atoms with Gasteiger partial charge in [0.05, 0.1) is 23.5 Å². The summed E-state index contributed by atoms with van der Waals surface area (Å²) >= 11 is 0. The van der Waals surface area contributed by atoms with Crippen LogP contribution < -0.4 is 11.1 Å². The molecule has 8 nitrogen and oxygen atoms in total. The molecule has 3 N–H and O–H groups in total. The van der Waals surface area contributed by atoms with Crippen molar-refractivity contribution in [1.82, 2.24) is 14.9 Å². The predicted molar refractivity (Wildman–Crippen MR) is 103 cm³/mol. The third-order valence-electron chi connectivity index (χ3n) is 4.86. The number of aromatic nitrogens is 2. The summed E-state index contributed by atoms with van der Waals surface area (Å²) in [4.78, 5) is 46.5. The van der Waals surface area contributed by atoms with Crippen molar-refractivity contribution in [2.24, 2.45) is 11.7 Å². The first-order valence-corrected chi connectivity index (χ1v) is 9.14. The lowest BCUT2D eigenvalue weighted by Crippen LogP contribution is -2.46. The zero-order valence-corrected chi connectivity index (χ0v) is 15.9. The summed E-state index contributed by atoms with van der Waals surface area (Å²) in [5.74, 6) is -1.74. The van der Waals surface area contributed by atoms with Gasteiger partial charge in [0, 0.05) is 24.6 Å². The first-order valence-electron chi connectivity index (χ1n) is 9.14. The minimum Gasteiger partial charge on any atom is -0.366 e. The van der Waals surface area contributed by atoms with Crippen LogP contribution in [0.2, 0.25) is 0 Å². The van der Waals surface area contributed by atoms with Crippen LogP contribution >= 0.6 is 0 Å². The number of rotatable bonds is 3. The molecule has 1 saturated heterocycles. The van der Waals surface area contributed by atoms with E-state index in [-0.39, 0.29) is 17.3 Å². The lowest BCUT2D eigenvalue weighted by Gasteiger charge is -2.38. The highest BCUT2D eigenvalue weighted by Gasteiger charge is 2.34. The van der Waals surface area contributed by atoms with Gasteiger partial charge in [0.1, 0.15) is 0 Å². The van der Waals surface area contributed by atoms with E-state index >= 15 is 0 Å². The number of carbonyl (C=O) groups excluding carboxylic acids is 3. The van der Waals surface area contributed by atoms with E-state index in [9.17, 15) is 14.4 Å². The molecule has 3 amide bonds. The van der Waals surface area contributed by atoms with Crippen molar-refractivity contribution in [2.45, 2.75) is 32.7 Å². The summed E-state index contributed by atoms with van der Waals surface area (Å²) in [7, 11) is 0. The maximum atomic E-state index is 12.9. The lowest BCUT2D eigenvalue weighted by molar-refractivity contribution is -0.146. The molecule has 2 atom stereocenters. The predicted octanol–water partition coefficient (Wildman–Crippen LogP) is 1.82. The van der Waals surface area contributed by atoms with Gasteiger partial charge < -0.3 is 16.0 Å². The van der Waals surface area contributed by atoms with Crippen LogP contribution in [0.5, 0.6) is 0 Å². The Labute approximate surface area is 163 Å². The SMILES string of the molecule is Cc1cc([C@@H]2CC[C@@H](C)CN2C(=O)C(=O)Nc2cncc(C(N)=O)c2)ccn1. The Balaban J connectivity index is 1.80. The molecule has 146 valence electrons. The van der Waals surface area contributed by atoms with Crippen molar-refractivity contribution in [2.75, 3.05) is 11.9 Å². The van der Waals surface area contributed by atoms with Gasteiger partial charge in [0.15, 0.2) is 0 Å². The molecule has 0 aromatic carbocycles. The topological polar surface area (TPSA) is 118 Å². The molecule has 0 unspecified atom stereocenters. The van der Waals surface area contributed by atoms with E-state index in [0.29, 0.717) is 12.5 Å². The van der Waals surface area contributed by atoms with Gasteiger partial charge in [0.25, 0.3) is 0 Å². The highest BCUT2D eigenvalue weighted by molar-refractivity contribution is 6.39. The second-order valence-electron chi connectivity index (χ2n) is 7.17. The number of nitrogens with one attached hydrogen (secondary N) is 1. The molecule has 1 fully saturated rings. The zero-order valence-electron chi connectivity index (χ0n) is 15.9. The number of likely N-dealkylation sites (tertiary alicyclic amines) is 1. The smallest absolute Gasteiger partial charge is 0.313 e. The largest absolute Gasteiger partial charge is 0.366 e. The molecule has 2 aromatic rings. The molecular formula is C20H23N5O3. The Kier molecular flexibility index (Phi) is 5.67. The second kappa shape index (κ2) is 8.16. The first kappa shape index (κ1) is 19.5. The van der Waals surface area contributed by atoms with E-state index in [4.69, 9.17) is 5.73 Å². The maximum Gasteiger partial charge on any atom is 0.313 e. The minimum atomic E-state index is -0.770. The Bertz CT molecular complexity index is 914. The number of nitrogens with two attached hydrogens (primary N) is 1. The van der Waals surface area contributed by atoms with Gasteiger partial charge >= 0.3 is 11.8 Å². The van der Waals surface area contributed by atoms with E-state index < -0.39 is 17.7 Å². The van der Waals surface area contributed by atoms with Crippen molar-refractivity contribution < 1.29 is 14.4 Å². The van der Waals surface area contributed by atoms with E-state index in [1.54, 1.807) is 11.1 Å². The number of piperidine rings is 1. The summed E-state index contributed by atoms with van der Waals surface area (Å²) < 4.78 is 0. The fourth-order valence-electron chi connectivity index (χ4n) is 3.46. The van der Waals surface area contributed by atoms with E-state index in [1.165, 1.54) is 18.5 Å². The summed E-state index contributed by atoms with van der Waals surface area (Å²) in [6, 6.07) is 5.04. The molecule has 28 heavy (non-hydrogen) atoms. The van der Waals surface area contributed by atoms with Crippen LogP contribution in [-0.2, 0) is 9.59 Å². The lowest BCUT2D eigenvalue weighted by atomic mass is 9.90. The van der Waals surface area contributed by atoms with Crippen LogP contribution in [0.25, 0.3) is 0 Å². The van der Waals surface area contributed by atoms with Gasteiger partial charge in [-0.15, -0.1) is 0 Å². The monoisotopic (exact) mass is 381 g/mol. The van der Waals surface area contributed by atoms with E-state index in [1.807, 2.05) is 19.1 Å². The molecule has 0 saturated carbocycles. The van der Waals surface area contributed by atoms with Gasteiger partial charge in [-0.1, -0.05) is 6.92 Å². The fourth-order valence-corrected chi connectivity index (χ4v) is 3.46. The Morgan fingerprint density at radius 1 is 1.21 bits per heavy atom. The van der Waals surface area contributed by atoms with Crippen LogP contribution in [0.1, 0.15) is 47.4 Å². The molecule has 3 rings (SSSR count). The van der Waals surface area contributed by atoms with Gasteiger partial charge in [-0.25, -0.2) is 0 Å². The number of carbonyl (C=O) groups is 3. The highest BCUT2D eigenvalue weighted by atomic mass is 16.2. The van der Waals surface area contributed by atoms with Gasteiger partial charge in [-0.3, -0.25) is 24.4 Å². The molecule has 0 spiro atoms. The standard InChI is InChI=1S/C20H23N5O3/c1-12-3-4-17(14-5-6-23-13(2)7-14)25(11-12)20(28)19(27)24-16-8-15(18(21)26)9-22-10-16/h5-10,12,17H,3-4,11H2,1-2H3,(H2,21,26)(H,24,27)/t12-,17+/m1/s1. The fraction of sp³-hybridized carbons (Fsp3) is 0.350. The van der Waals surface area contributed by atoms with Crippen molar-refractivity contribution in [3.05, 3.63) is 53.6 Å². The minimum absolute atomic E-state index is 0.155. The van der Waals surface area contributed by atoms with Crippen LogP contribution in [0.3, 0.4) is 0 Å². The molecule has 0 bridgehead atoms. The van der Waals surface area contributed by atoms with Crippen molar-refractivity contribution in [3.8, 4) is 0 Å². The Morgan fingerprint density at radius 2 is 2.00 bits per heavy atom. The number of primary amides is 1. The zero-order chi connectivity index (χ0) is 20.3. The highest BCUT2D eigenvalue weighted by Crippen LogP contribution is 2.33. The van der Waals surface area contributed by atoms with Crippen molar-refractivity contribution >= 4 is 23.4 Å². The number of amides is 3. The number of pyridine rings is 2. The number of hydrogen-bond donors (Lipinski definition) is 2. The Morgan fingerprint density at radius 3 is 2.71 bits per heavy atom. The van der Waals surface area contributed by atoms with Gasteiger partial charge in [-0.2, -0.15) is 0 Å². The number of anilines is 1. The molecule has 8 heteroatoms. The van der Waals surface area contributed by atoms with Gasteiger partial charge in [0.2, 0.25) is 5.91 Å². The average Bonchev–Trinajstić information content (AvgIpc) is 2.67. The van der Waals surface area contributed by atoms with Gasteiger partial charge in [-0.05, 0) is 49.4 Å². The molecule has 1 aliphatic heterocycles. The summed E-state index contributed by atoms with van der Waals surface area (Å²) in [6.45, 7) is 4.46. The molecular weight excluding hydrogens is 358 g/mol. The molecule has 1 aliphatic rings. The number of nitrogens with zero attached hydrogens (tertiary/aromatic N) is 3. The second-order valence-corrected chi connectivity index (χ2v) is 7.17. The van der Waals surface area contributed by atoms with Crippen LogP contribution in [0.4, 0.5) is 5.69 Å². The third kappa shape index (κ3) is 4.33. The quantitative estimate of drug-likeness (QED) is 0.786. The first-order chi connectivity index (χ1) is 13.3. The van der Waals surface area contributed by atoms with E-state index in [0.717, 1.165) is 24.1 Å². The van der Waals surface area contributed by atoms with E-state index in [2.05, 4.69) is 22.2 Å². The average molecular weight is 381 g/mol. The summed E-state index contributed by atoms with van der Waals surface area (Å²) in [5.41, 5.74) is 7.46. The summed E-state index contributed by atoms with van der Waals surface area (Å²) in [6.07, 6.45) is 6.13. The maximum absolute atomic E-state index is 12.9. The molecule has 0 aliphatic carbocycles. The Hall–Kier alpha value is -3.29. The van der Waals surface area contributed by atoms with Crippen LogP contribution in [0.15, 0.2) is 36.8 Å². The molecule has 2 aromatic heterocycles. The molecule has 3 heterocycles. The van der Waals surface area contributed by atoms with Crippen molar-refractivity contribution in [1.29, 1.82) is 0 Å². The van der Waals surface area contributed by atoms with Crippen molar-refractivity contribution in [3.63, 3.8) is 0 Å². The number of hydrogen-bond acceptors (Lipinski definition) is 5. The normalized spacial score (nSPS) is 19.1. The third-order valence-corrected chi connectivity index (χ3v) is 4.86.